The molecule has 4 heterocycles. The van der Waals surface area contributed by atoms with Crippen LogP contribution in [0.15, 0.2) is 18.3 Å². The summed E-state index contributed by atoms with van der Waals surface area (Å²) in [5, 5.41) is 11.8. The van der Waals surface area contributed by atoms with E-state index in [4.69, 9.17) is 4.74 Å². The third kappa shape index (κ3) is 3.87. The second-order valence-corrected chi connectivity index (χ2v) is 7.44. The SMILES string of the molecule is COCCNC(=O)c1ccc(N2CCCC2c2nnc3n2CCCCC3)nc1. The molecule has 1 N–H and O–H groups in total. The minimum Gasteiger partial charge on any atom is -0.383 e. The predicted molar refractivity (Wildman–Crippen MR) is 105 cm³/mol. The van der Waals surface area contributed by atoms with Gasteiger partial charge in [0, 0.05) is 39.4 Å². The molecule has 0 radical (unpaired) electrons. The number of rotatable bonds is 6. The average Bonchev–Trinajstić information content (AvgIpc) is 3.29. The molecule has 0 saturated carbocycles. The van der Waals surface area contributed by atoms with Gasteiger partial charge in [-0.15, -0.1) is 10.2 Å². The standard InChI is InChI=1S/C20H28N6O2/c1-28-13-10-21-20(27)15-8-9-17(22-14-15)25-12-5-6-16(25)19-24-23-18-7-3-2-4-11-26(18)19/h8-9,14,16H,2-7,10-13H2,1H3,(H,21,27). The maximum atomic E-state index is 12.2. The van der Waals surface area contributed by atoms with Crippen molar-refractivity contribution in [3.63, 3.8) is 0 Å². The van der Waals surface area contributed by atoms with Crippen molar-refractivity contribution >= 4 is 11.7 Å². The summed E-state index contributed by atoms with van der Waals surface area (Å²) in [4.78, 5) is 19.0. The Hall–Kier alpha value is -2.48. The second kappa shape index (κ2) is 8.68. The van der Waals surface area contributed by atoms with Crippen LogP contribution >= 0.6 is 0 Å². The van der Waals surface area contributed by atoms with Crippen LogP contribution in [0.1, 0.15) is 60.2 Å². The van der Waals surface area contributed by atoms with E-state index in [2.05, 4.69) is 30.0 Å². The van der Waals surface area contributed by atoms with E-state index < -0.39 is 0 Å². The van der Waals surface area contributed by atoms with Crippen molar-refractivity contribution < 1.29 is 9.53 Å². The van der Waals surface area contributed by atoms with E-state index >= 15 is 0 Å². The fourth-order valence-corrected chi connectivity index (χ4v) is 4.12. The van der Waals surface area contributed by atoms with Crippen LogP contribution in [-0.2, 0) is 17.7 Å². The molecule has 2 aliphatic heterocycles. The van der Waals surface area contributed by atoms with Crippen molar-refractivity contribution in [2.45, 2.75) is 51.1 Å². The highest BCUT2D eigenvalue weighted by Crippen LogP contribution is 2.35. The van der Waals surface area contributed by atoms with E-state index in [0.717, 1.165) is 49.8 Å². The number of nitrogens with one attached hydrogen (secondary N) is 1. The lowest BCUT2D eigenvalue weighted by Crippen LogP contribution is -2.28. The molecule has 0 spiro atoms. The summed E-state index contributed by atoms with van der Waals surface area (Å²) in [5.74, 6) is 2.95. The number of anilines is 1. The van der Waals surface area contributed by atoms with Crippen molar-refractivity contribution in [3.05, 3.63) is 35.5 Å². The second-order valence-electron chi connectivity index (χ2n) is 7.44. The maximum absolute atomic E-state index is 12.2. The molecule has 1 atom stereocenters. The molecule has 4 rings (SSSR count). The molecular formula is C20H28N6O2. The number of amides is 1. The van der Waals surface area contributed by atoms with Crippen LogP contribution in [-0.4, -0.2) is 52.5 Å². The average molecular weight is 384 g/mol. The first-order valence-corrected chi connectivity index (χ1v) is 10.2. The van der Waals surface area contributed by atoms with Crippen LogP contribution in [0.3, 0.4) is 0 Å². The molecule has 150 valence electrons. The molecule has 1 amide bonds. The van der Waals surface area contributed by atoms with Crippen molar-refractivity contribution in [1.29, 1.82) is 0 Å². The van der Waals surface area contributed by atoms with Gasteiger partial charge in [0.25, 0.3) is 5.91 Å². The largest absolute Gasteiger partial charge is 0.383 e. The first-order valence-electron chi connectivity index (χ1n) is 10.2. The number of aryl methyl sites for hydroxylation is 1. The molecule has 1 saturated heterocycles. The quantitative estimate of drug-likeness (QED) is 0.768. The molecule has 2 aromatic rings. The van der Waals surface area contributed by atoms with E-state index in [0.29, 0.717) is 18.7 Å². The van der Waals surface area contributed by atoms with E-state index in [9.17, 15) is 4.79 Å². The maximum Gasteiger partial charge on any atom is 0.252 e. The molecule has 1 fully saturated rings. The highest BCUT2D eigenvalue weighted by Gasteiger charge is 2.32. The number of aromatic nitrogens is 4. The third-order valence-corrected chi connectivity index (χ3v) is 5.59. The summed E-state index contributed by atoms with van der Waals surface area (Å²) in [6, 6.07) is 3.97. The van der Waals surface area contributed by atoms with Gasteiger partial charge >= 0.3 is 0 Å². The highest BCUT2D eigenvalue weighted by atomic mass is 16.5. The van der Waals surface area contributed by atoms with Crippen LogP contribution in [0.25, 0.3) is 0 Å². The van der Waals surface area contributed by atoms with Gasteiger partial charge in [-0.3, -0.25) is 4.79 Å². The molecule has 0 aromatic carbocycles. The van der Waals surface area contributed by atoms with Crippen molar-refractivity contribution in [1.82, 2.24) is 25.1 Å². The molecule has 8 heteroatoms. The number of hydrogen-bond donors (Lipinski definition) is 1. The van der Waals surface area contributed by atoms with Crippen molar-refractivity contribution in [3.8, 4) is 0 Å². The predicted octanol–water partition coefficient (Wildman–Crippen LogP) is 2.12. The minimum atomic E-state index is -0.128. The number of pyridine rings is 1. The molecule has 2 aliphatic rings. The Labute approximate surface area is 165 Å². The van der Waals surface area contributed by atoms with Crippen LogP contribution in [0.2, 0.25) is 0 Å². The summed E-state index contributed by atoms with van der Waals surface area (Å²) in [6.45, 7) is 2.94. The van der Waals surface area contributed by atoms with Gasteiger partial charge in [-0.05, 0) is 37.8 Å². The van der Waals surface area contributed by atoms with E-state index in [1.54, 1.807) is 13.3 Å². The van der Waals surface area contributed by atoms with Crippen LogP contribution < -0.4 is 10.2 Å². The number of fused-ring (bicyclic) bond motifs is 1. The van der Waals surface area contributed by atoms with Gasteiger partial charge in [-0.2, -0.15) is 0 Å². The summed E-state index contributed by atoms with van der Waals surface area (Å²) < 4.78 is 7.29. The van der Waals surface area contributed by atoms with Crippen molar-refractivity contribution in [2.75, 3.05) is 31.7 Å². The fourth-order valence-electron chi connectivity index (χ4n) is 4.12. The Kier molecular flexibility index (Phi) is 5.85. The van der Waals surface area contributed by atoms with Gasteiger partial charge in [0.15, 0.2) is 5.82 Å². The Balaban J connectivity index is 1.50. The van der Waals surface area contributed by atoms with E-state index in [1.165, 1.54) is 19.3 Å². The van der Waals surface area contributed by atoms with E-state index in [-0.39, 0.29) is 11.9 Å². The van der Waals surface area contributed by atoms with Gasteiger partial charge in [0.2, 0.25) is 0 Å². The normalized spacial score (nSPS) is 19.3. The number of carbonyl (C=O) groups is 1. The Morgan fingerprint density at radius 3 is 2.96 bits per heavy atom. The lowest BCUT2D eigenvalue weighted by Gasteiger charge is -2.25. The third-order valence-electron chi connectivity index (χ3n) is 5.59. The van der Waals surface area contributed by atoms with Crippen molar-refractivity contribution in [2.24, 2.45) is 0 Å². The molecule has 28 heavy (non-hydrogen) atoms. The molecule has 8 nitrogen and oxygen atoms in total. The summed E-state index contributed by atoms with van der Waals surface area (Å²) in [6.07, 6.45) is 8.47. The zero-order valence-corrected chi connectivity index (χ0v) is 16.4. The lowest BCUT2D eigenvalue weighted by molar-refractivity contribution is 0.0937. The van der Waals surface area contributed by atoms with E-state index in [1.807, 2.05) is 12.1 Å². The lowest BCUT2D eigenvalue weighted by atomic mass is 10.2. The fraction of sp³-hybridized carbons (Fsp3) is 0.600. The summed E-state index contributed by atoms with van der Waals surface area (Å²) in [7, 11) is 1.61. The smallest absolute Gasteiger partial charge is 0.252 e. The topological polar surface area (TPSA) is 85.2 Å². The van der Waals surface area contributed by atoms with Gasteiger partial charge < -0.3 is 19.5 Å². The minimum absolute atomic E-state index is 0.128. The number of hydrogen-bond acceptors (Lipinski definition) is 6. The zero-order valence-electron chi connectivity index (χ0n) is 16.4. The van der Waals surface area contributed by atoms with Gasteiger partial charge in [-0.25, -0.2) is 4.98 Å². The molecule has 0 bridgehead atoms. The monoisotopic (exact) mass is 384 g/mol. The molecule has 0 aliphatic carbocycles. The zero-order chi connectivity index (χ0) is 19.3. The Morgan fingerprint density at radius 1 is 1.21 bits per heavy atom. The summed E-state index contributed by atoms with van der Waals surface area (Å²) >= 11 is 0. The van der Waals surface area contributed by atoms with Gasteiger partial charge in [-0.1, -0.05) is 6.42 Å². The first-order chi connectivity index (χ1) is 13.8. The molecular weight excluding hydrogens is 356 g/mol. The summed E-state index contributed by atoms with van der Waals surface area (Å²) in [5.41, 5.74) is 0.562. The van der Waals surface area contributed by atoms with Gasteiger partial charge in [0.05, 0.1) is 18.2 Å². The van der Waals surface area contributed by atoms with Gasteiger partial charge in [0.1, 0.15) is 11.6 Å². The van der Waals surface area contributed by atoms with Crippen LogP contribution in [0, 0.1) is 0 Å². The highest BCUT2D eigenvalue weighted by molar-refractivity contribution is 5.94. The number of carbonyl (C=O) groups excluding carboxylic acids is 1. The number of ether oxygens (including phenoxy) is 1. The molecule has 2 aromatic heterocycles. The first kappa shape index (κ1) is 18.9. The van der Waals surface area contributed by atoms with Crippen LogP contribution in [0.4, 0.5) is 5.82 Å². The Morgan fingerprint density at radius 2 is 2.14 bits per heavy atom. The number of methoxy groups -OCH3 is 1. The van der Waals surface area contributed by atoms with Crippen LogP contribution in [0.5, 0.6) is 0 Å². The Bertz CT molecular complexity index is 804. The number of nitrogens with zero attached hydrogens (tertiary/aromatic N) is 5. The molecule has 1 unspecified atom stereocenters.